The second-order valence-corrected chi connectivity index (χ2v) is 9.44. The Kier molecular flexibility index (Phi) is 2.87. The molecule has 5 rings (SSSR count). The third-order valence-corrected chi connectivity index (χ3v) is 6.65. The lowest BCUT2D eigenvalue weighted by Crippen LogP contribution is -2.64. The first-order valence-electron chi connectivity index (χ1n) is 8.78. The largest absolute Gasteiger partial charge is 0.374 e. The molecule has 1 saturated heterocycles. The van der Waals surface area contributed by atoms with Crippen LogP contribution in [0.3, 0.4) is 0 Å². The zero-order chi connectivity index (χ0) is 14.0. The van der Waals surface area contributed by atoms with Crippen molar-refractivity contribution in [2.75, 3.05) is 6.54 Å². The molecule has 0 amide bonds. The second-order valence-electron chi connectivity index (χ2n) is 9.44. The van der Waals surface area contributed by atoms with E-state index in [1.165, 1.54) is 51.4 Å². The van der Waals surface area contributed by atoms with Gasteiger partial charge in [-0.3, -0.25) is 0 Å². The molecule has 1 N–H and O–H groups in total. The van der Waals surface area contributed by atoms with E-state index in [-0.39, 0.29) is 0 Å². The molecule has 4 bridgehead atoms. The number of ether oxygens (including phenoxy) is 1. The maximum atomic E-state index is 6.01. The third-order valence-electron chi connectivity index (χ3n) is 6.65. The third kappa shape index (κ3) is 2.23. The molecule has 0 aromatic rings. The average Bonchev–Trinajstić information content (AvgIpc) is 2.68. The van der Waals surface area contributed by atoms with Crippen molar-refractivity contribution in [3.63, 3.8) is 0 Å². The fourth-order valence-electron chi connectivity index (χ4n) is 7.01. The Morgan fingerprint density at radius 1 is 1.00 bits per heavy atom. The van der Waals surface area contributed by atoms with Gasteiger partial charge in [0.05, 0.1) is 12.2 Å². The summed E-state index contributed by atoms with van der Waals surface area (Å²) < 4.78 is 6.01. The SMILES string of the molecule is CC1CCC(CNC23CC4CC(C)(CC(C)(C4)C2)C3)O1. The highest BCUT2D eigenvalue weighted by atomic mass is 16.5. The highest BCUT2D eigenvalue weighted by Gasteiger charge is 2.59. The molecule has 4 aliphatic carbocycles. The molecule has 20 heavy (non-hydrogen) atoms. The highest BCUT2D eigenvalue weighted by molar-refractivity contribution is 5.14. The first-order chi connectivity index (χ1) is 9.38. The minimum atomic E-state index is 0.443. The Balaban J connectivity index is 1.47. The molecular formula is C18H31NO. The van der Waals surface area contributed by atoms with Crippen molar-refractivity contribution < 1.29 is 4.74 Å². The Morgan fingerprint density at radius 2 is 1.70 bits per heavy atom. The van der Waals surface area contributed by atoms with Crippen LogP contribution < -0.4 is 5.32 Å². The van der Waals surface area contributed by atoms with Crippen LogP contribution in [0, 0.1) is 16.7 Å². The van der Waals surface area contributed by atoms with Gasteiger partial charge in [0.2, 0.25) is 0 Å². The molecule has 114 valence electrons. The monoisotopic (exact) mass is 277 g/mol. The first-order valence-corrected chi connectivity index (χ1v) is 8.78. The molecule has 1 heterocycles. The van der Waals surface area contributed by atoms with Crippen LogP contribution in [0.25, 0.3) is 0 Å². The van der Waals surface area contributed by atoms with Crippen molar-refractivity contribution in [1.29, 1.82) is 0 Å². The summed E-state index contributed by atoms with van der Waals surface area (Å²) in [6.45, 7) is 8.41. The van der Waals surface area contributed by atoms with Crippen LogP contribution in [0.15, 0.2) is 0 Å². The Hall–Kier alpha value is -0.0800. The van der Waals surface area contributed by atoms with Crippen molar-refractivity contribution in [3.05, 3.63) is 0 Å². The van der Waals surface area contributed by atoms with Gasteiger partial charge in [0, 0.05) is 12.1 Å². The van der Waals surface area contributed by atoms with Crippen LogP contribution in [-0.4, -0.2) is 24.3 Å². The van der Waals surface area contributed by atoms with Crippen LogP contribution in [0.5, 0.6) is 0 Å². The maximum absolute atomic E-state index is 6.01. The Morgan fingerprint density at radius 3 is 2.25 bits per heavy atom. The van der Waals surface area contributed by atoms with Crippen LogP contribution in [0.2, 0.25) is 0 Å². The summed E-state index contributed by atoms with van der Waals surface area (Å²) in [6.07, 6.45) is 12.2. The molecule has 4 unspecified atom stereocenters. The van der Waals surface area contributed by atoms with Crippen LogP contribution in [0.4, 0.5) is 0 Å². The minimum Gasteiger partial charge on any atom is -0.374 e. The summed E-state index contributed by atoms with van der Waals surface area (Å²) >= 11 is 0. The van der Waals surface area contributed by atoms with Gasteiger partial charge < -0.3 is 10.1 Å². The van der Waals surface area contributed by atoms with E-state index < -0.39 is 0 Å². The molecule has 5 aliphatic rings. The summed E-state index contributed by atoms with van der Waals surface area (Å²) in [5.74, 6) is 0.983. The first kappa shape index (κ1) is 13.6. The van der Waals surface area contributed by atoms with Gasteiger partial charge >= 0.3 is 0 Å². The van der Waals surface area contributed by atoms with E-state index in [9.17, 15) is 0 Å². The molecule has 1 aliphatic heterocycles. The second kappa shape index (κ2) is 4.23. The van der Waals surface area contributed by atoms with Crippen LogP contribution in [-0.2, 0) is 4.74 Å². The lowest BCUT2D eigenvalue weighted by atomic mass is 9.43. The topological polar surface area (TPSA) is 21.3 Å². The predicted molar refractivity (Wildman–Crippen MR) is 81.7 cm³/mol. The van der Waals surface area contributed by atoms with Crippen molar-refractivity contribution in [2.24, 2.45) is 16.7 Å². The molecule has 4 saturated carbocycles. The van der Waals surface area contributed by atoms with Crippen molar-refractivity contribution in [3.8, 4) is 0 Å². The standard InChI is InChI=1S/C18H31NO/c1-13-4-5-15(20-13)9-19-18-8-14-6-16(2,11-18)10-17(3,7-14)12-18/h13-15,19H,4-12H2,1-3H3. The zero-order valence-electron chi connectivity index (χ0n) is 13.5. The van der Waals surface area contributed by atoms with Gasteiger partial charge in [-0.25, -0.2) is 0 Å². The van der Waals surface area contributed by atoms with Crippen LogP contribution >= 0.6 is 0 Å². The van der Waals surface area contributed by atoms with Crippen LogP contribution in [0.1, 0.15) is 72.1 Å². The summed E-state index contributed by atoms with van der Waals surface area (Å²) in [4.78, 5) is 0. The van der Waals surface area contributed by atoms with E-state index >= 15 is 0 Å². The highest BCUT2D eigenvalue weighted by Crippen LogP contribution is 2.66. The predicted octanol–water partition coefficient (Wildman–Crippen LogP) is 3.89. The van der Waals surface area contributed by atoms with Gasteiger partial charge in [-0.05, 0) is 75.0 Å². The minimum absolute atomic E-state index is 0.443. The molecule has 2 nitrogen and oxygen atoms in total. The Labute approximate surface area is 124 Å². The fraction of sp³-hybridized carbons (Fsp3) is 1.00. The zero-order valence-corrected chi connectivity index (χ0v) is 13.5. The van der Waals surface area contributed by atoms with Gasteiger partial charge in [0.15, 0.2) is 0 Å². The molecule has 2 heteroatoms. The van der Waals surface area contributed by atoms with Gasteiger partial charge in [0.1, 0.15) is 0 Å². The number of hydrogen-bond donors (Lipinski definition) is 1. The number of nitrogens with one attached hydrogen (secondary N) is 1. The lowest BCUT2D eigenvalue weighted by molar-refractivity contribution is -0.120. The fourth-order valence-corrected chi connectivity index (χ4v) is 7.01. The molecule has 0 aromatic carbocycles. The molecule has 4 atom stereocenters. The quantitative estimate of drug-likeness (QED) is 0.845. The van der Waals surface area contributed by atoms with Gasteiger partial charge in [-0.1, -0.05) is 13.8 Å². The lowest BCUT2D eigenvalue weighted by Gasteiger charge is -2.65. The number of rotatable bonds is 3. The smallest absolute Gasteiger partial charge is 0.0704 e. The van der Waals surface area contributed by atoms with Crippen molar-refractivity contribution >= 4 is 0 Å². The summed E-state index contributed by atoms with van der Waals surface area (Å²) in [5, 5.41) is 4.02. The summed E-state index contributed by atoms with van der Waals surface area (Å²) in [6, 6.07) is 0. The van der Waals surface area contributed by atoms with E-state index in [0.717, 1.165) is 12.5 Å². The van der Waals surface area contributed by atoms with Gasteiger partial charge in [0.25, 0.3) is 0 Å². The molecule has 5 fully saturated rings. The maximum Gasteiger partial charge on any atom is 0.0704 e. The van der Waals surface area contributed by atoms with E-state index in [4.69, 9.17) is 4.74 Å². The number of hydrogen-bond acceptors (Lipinski definition) is 2. The van der Waals surface area contributed by atoms with E-state index in [2.05, 4.69) is 26.1 Å². The van der Waals surface area contributed by atoms with Gasteiger partial charge in [-0.2, -0.15) is 0 Å². The van der Waals surface area contributed by atoms with E-state index in [1.54, 1.807) is 0 Å². The molecular weight excluding hydrogens is 246 g/mol. The van der Waals surface area contributed by atoms with Gasteiger partial charge in [-0.15, -0.1) is 0 Å². The van der Waals surface area contributed by atoms with E-state index in [0.29, 0.717) is 28.6 Å². The van der Waals surface area contributed by atoms with E-state index in [1.807, 2.05) is 0 Å². The molecule has 0 spiro atoms. The molecule has 0 aromatic heterocycles. The van der Waals surface area contributed by atoms with Crippen molar-refractivity contribution in [2.45, 2.75) is 89.9 Å². The van der Waals surface area contributed by atoms with Crippen molar-refractivity contribution in [1.82, 2.24) is 5.32 Å². The molecule has 0 radical (unpaired) electrons. The average molecular weight is 277 g/mol. The summed E-state index contributed by atoms with van der Waals surface area (Å²) in [5.41, 5.74) is 1.67. The Bertz CT molecular complexity index is 388. The summed E-state index contributed by atoms with van der Waals surface area (Å²) in [7, 11) is 0. The normalized spacial score (nSPS) is 57.5.